The van der Waals surface area contributed by atoms with E-state index in [0.717, 1.165) is 25.7 Å². The molecule has 19 heavy (non-hydrogen) atoms. The van der Waals surface area contributed by atoms with Crippen LogP contribution in [0.1, 0.15) is 25.7 Å². The molecule has 0 aliphatic heterocycles. The van der Waals surface area contributed by atoms with Crippen molar-refractivity contribution >= 4 is 39.7 Å². The number of carbonyl (C=O) groups excluding carboxylic acids is 1. The maximum absolute atomic E-state index is 12.0. The van der Waals surface area contributed by atoms with E-state index < -0.39 is 10.8 Å². The Morgan fingerprint density at radius 3 is 2.74 bits per heavy atom. The van der Waals surface area contributed by atoms with E-state index in [9.17, 15) is 9.00 Å². The first-order valence-corrected chi connectivity index (χ1v) is 8.04. The van der Waals surface area contributed by atoms with Crippen molar-refractivity contribution < 1.29 is 9.00 Å². The van der Waals surface area contributed by atoms with Crippen molar-refractivity contribution in [2.75, 3.05) is 16.8 Å². The molecule has 1 aromatic rings. The van der Waals surface area contributed by atoms with Gasteiger partial charge in [0.05, 0.1) is 11.4 Å². The van der Waals surface area contributed by atoms with Crippen molar-refractivity contribution in [2.24, 2.45) is 0 Å². The van der Waals surface area contributed by atoms with Gasteiger partial charge in [-0.05, 0) is 31.0 Å². The Balaban J connectivity index is 1.91. The quantitative estimate of drug-likeness (QED) is 0.839. The Kier molecular flexibility index (Phi) is 4.82. The standard InChI is InChI=1S/C13H17ClN2O2S/c14-9-5-6-12(11(15)7-9)16-13(17)8-19(18)10-3-1-2-4-10/h5-7,10H,1-4,8,15H2,(H,16,17). The average Bonchev–Trinajstić information content (AvgIpc) is 2.86. The lowest BCUT2D eigenvalue weighted by atomic mass is 10.2. The summed E-state index contributed by atoms with van der Waals surface area (Å²) in [7, 11) is -1.09. The SMILES string of the molecule is Nc1cc(Cl)ccc1NC(=O)CS(=O)C1CCCC1. The minimum Gasteiger partial charge on any atom is -0.397 e. The molecule has 0 heterocycles. The average molecular weight is 301 g/mol. The second-order valence-corrected chi connectivity index (χ2v) is 6.86. The van der Waals surface area contributed by atoms with Gasteiger partial charge in [-0.1, -0.05) is 24.4 Å². The van der Waals surface area contributed by atoms with Crippen LogP contribution in [0.4, 0.5) is 11.4 Å². The van der Waals surface area contributed by atoms with E-state index in [-0.39, 0.29) is 16.9 Å². The van der Waals surface area contributed by atoms with Crippen LogP contribution >= 0.6 is 11.6 Å². The summed E-state index contributed by atoms with van der Waals surface area (Å²) < 4.78 is 12.0. The fraction of sp³-hybridized carbons (Fsp3) is 0.462. The molecular weight excluding hydrogens is 284 g/mol. The fourth-order valence-corrected chi connectivity index (χ4v) is 3.84. The fourth-order valence-electron chi connectivity index (χ4n) is 2.23. The number of nitrogens with one attached hydrogen (secondary N) is 1. The molecular formula is C13H17ClN2O2S. The van der Waals surface area contributed by atoms with Gasteiger partial charge in [0.1, 0.15) is 5.75 Å². The Morgan fingerprint density at radius 1 is 1.42 bits per heavy atom. The lowest BCUT2D eigenvalue weighted by Gasteiger charge is -2.11. The third kappa shape index (κ3) is 3.94. The van der Waals surface area contributed by atoms with E-state index in [0.29, 0.717) is 16.4 Å². The largest absolute Gasteiger partial charge is 0.397 e. The molecule has 1 aliphatic rings. The summed E-state index contributed by atoms with van der Waals surface area (Å²) in [6, 6.07) is 4.88. The van der Waals surface area contributed by atoms with Gasteiger partial charge >= 0.3 is 0 Å². The molecule has 1 fully saturated rings. The molecule has 0 saturated heterocycles. The summed E-state index contributed by atoms with van der Waals surface area (Å²) in [5, 5.41) is 3.37. The number of carbonyl (C=O) groups is 1. The monoisotopic (exact) mass is 300 g/mol. The minimum absolute atomic E-state index is 0.0345. The summed E-state index contributed by atoms with van der Waals surface area (Å²) in [6.07, 6.45) is 4.15. The maximum atomic E-state index is 12.0. The zero-order valence-corrected chi connectivity index (χ0v) is 12.1. The smallest absolute Gasteiger partial charge is 0.237 e. The molecule has 1 amide bonds. The van der Waals surface area contributed by atoms with Gasteiger partial charge in [0.25, 0.3) is 0 Å². The van der Waals surface area contributed by atoms with Gasteiger partial charge in [-0.2, -0.15) is 0 Å². The number of hydrogen-bond donors (Lipinski definition) is 2. The molecule has 3 N–H and O–H groups in total. The van der Waals surface area contributed by atoms with Crippen molar-refractivity contribution in [3.8, 4) is 0 Å². The van der Waals surface area contributed by atoms with Crippen LogP contribution in [-0.2, 0) is 15.6 Å². The van der Waals surface area contributed by atoms with Crippen molar-refractivity contribution in [2.45, 2.75) is 30.9 Å². The van der Waals surface area contributed by atoms with Gasteiger partial charge in [-0.15, -0.1) is 0 Å². The molecule has 0 bridgehead atoms. The van der Waals surface area contributed by atoms with E-state index >= 15 is 0 Å². The number of hydrogen-bond acceptors (Lipinski definition) is 3. The second kappa shape index (κ2) is 6.39. The zero-order chi connectivity index (χ0) is 13.8. The van der Waals surface area contributed by atoms with Crippen LogP contribution in [-0.4, -0.2) is 21.1 Å². The summed E-state index contributed by atoms with van der Waals surface area (Å²) >= 11 is 5.78. The van der Waals surface area contributed by atoms with Crippen LogP contribution in [0, 0.1) is 0 Å². The van der Waals surface area contributed by atoms with Crippen LogP contribution in [0.15, 0.2) is 18.2 Å². The second-order valence-electron chi connectivity index (χ2n) is 4.71. The molecule has 1 aromatic carbocycles. The van der Waals surface area contributed by atoms with E-state index in [4.69, 9.17) is 17.3 Å². The molecule has 0 spiro atoms. The Bertz CT molecular complexity index is 501. The highest BCUT2D eigenvalue weighted by atomic mass is 35.5. The van der Waals surface area contributed by atoms with E-state index in [1.54, 1.807) is 18.2 Å². The van der Waals surface area contributed by atoms with Crippen molar-refractivity contribution in [1.82, 2.24) is 0 Å². The summed E-state index contributed by atoms with van der Waals surface area (Å²) in [6.45, 7) is 0. The molecule has 6 heteroatoms. The van der Waals surface area contributed by atoms with Gasteiger partial charge < -0.3 is 11.1 Å². The van der Waals surface area contributed by atoms with Gasteiger partial charge in [-0.25, -0.2) is 0 Å². The summed E-state index contributed by atoms with van der Waals surface area (Å²) in [4.78, 5) is 11.8. The highest BCUT2D eigenvalue weighted by Crippen LogP contribution is 2.24. The molecule has 2 rings (SSSR count). The number of halogens is 1. The number of amides is 1. The summed E-state index contributed by atoms with van der Waals surface area (Å²) in [5.41, 5.74) is 6.67. The van der Waals surface area contributed by atoms with Gasteiger partial charge in [0.15, 0.2) is 0 Å². The number of rotatable bonds is 4. The Morgan fingerprint density at radius 2 is 2.11 bits per heavy atom. The van der Waals surface area contributed by atoms with E-state index in [1.165, 1.54) is 0 Å². The maximum Gasteiger partial charge on any atom is 0.237 e. The van der Waals surface area contributed by atoms with Crippen LogP contribution < -0.4 is 11.1 Å². The molecule has 1 unspecified atom stereocenters. The zero-order valence-electron chi connectivity index (χ0n) is 10.5. The Labute approximate surface area is 120 Å². The Hall–Kier alpha value is -1.07. The normalized spacial score (nSPS) is 17.3. The number of anilines is 2. The molecule has 0 aromatic heterocycles. The minimum atomic E-state index is -1.09. The van der Waals surface area contributed by atoms with Gasteiger partial charge in [-0.3, -0.25) is 9.00 Å². The van der Waals surface area contributed by atoms with Crippen LogP contribution in [0.3, 0.4) is 0 Å². The summed E-state index contributed by atoms with van der Waals surface area (Å²) in [5.74, 6) is -0.230. The van der Waals surface area contributed by atoms with E-state index in [2.05, 4.69) is 5.32 Å². The topological polar surface area (TPSA) is 72.2 Å². The van der Waals surface area contributed by atoms with Crippen molar-refractivity contribution in [1.29, 1.82) is 0 Å². The molecule has 1 atom stereocenters. The van der Waals surface area contributed by atoms with Gasteiger partial charge in [0.2, 0.25) is 5.91 Å². The lowest BCUT2D eigenvalue weighted by Crippen LogP contribution is -2.25. The van der Waals surface area contributed by atoms with E-state index in [1.807, 2.05) is 0 Å². The predicted octanol–water partition coefficient (Wildman–Crippen LogP) is 2.55. The van der Waals surface area contributed by atoms with Crippen LogP contribution in [0.2, 0.25) is 5.02 Å². The highest BCUT2D eigenvalue weighted by molar-refractivity contribution is 7.86. The molecule has 4 nitrogen and oxygen atoms in total. The van der Waals surface area contributed by atoms with Gasteiger partial charge in [0, 0.05) is 21.1 Å². The third-order valence-corrected chi connectivity index (χ3v) is 5.23. The number of nitrogens with two attached hydrogens (primary N) is 1. The number of nitrogen functional groups attached to an aromatic ring is 1. The van der Waals surface area contributed by atoms with Crippen molar-refractivity contribution in [3.05, 3.63) is 23.2 Å². The molecule has 104 valence electrons. The lowest BCUT2D eigenvalue weighted by molar-refractivity contribution is -0.113. The van der Waals surface area contributed by atoms with Crippen LogP contribution in [0.5, 0.6) is 0 Å². The first-order chi connectivity index (χ1) is 9.06. The first-order valence-electron chi connectivity index (χ1n) is 6.28. The highest BCUT2D eigenvalue weighted by Gasteiger charge is 2.23. The third-order valence-electron chi connectivity index (χ3n) is 3.24. The molecule has 1 saturated carbocycles. The first kappa shape index (κ1) is 14.3. The van der Waals surface area contributed by atoms with Crippen molar-refractivity contribution in [3.63, 3.8) is 0 Å². The number of benzene rings is 1. The molecule has 1 aliphatic carbocycles. The molecule has 0 radical (unpaired) electrons. The predicted molar refractivity (Wildman–Crippen MR) is 79.8 cm³/mol. The van der Waals surface area contributed by atoms with Crippen LogP contribution in [0.25, 0.3) is 0 Å².